The topological polar surface area (TPSA) is 225 Å². The first-order valence-electron chi connectivity index (χ1n) is 19.7. The van der Waals surface area contributed by atoms with E-state index >= 15 is 0 Å². The zero-order valence-corrected chi connectivity index (χ0v) is 33.3. The molecule has 7 rings (SSSR count). The molecule has 0 spiro atoms. The lowest BCUT2D eigenvalue weighted by molar-refractivity contribution is -0.929. The molecule has 3 amide bonds. The van der Waals surface area contributed by atoms with Crippen LogP contribution in [0.4, 0.5) is 18.9 Å². The molecule has 0 unspecified atom stereocenters. The summed E-state index contributed by atoms with van der Waals surface area (Å²) in [5, 5.41) is 21.5. The predicted octanol–water partition coefficient (Wildman–Crippen LogP) is 2.86. The molecular formula is C39H46ClF3N11O6+. The zero-order chi connectivity index (χ0) is 42.6. The molecule has 17 nitrogen and oxygen atoms in total. The van der Waals surface area contributed by atoms with Gasteiger partial charge in [0.25, 0.3) is 11.8 Å². The van der Waals surface area contributed by atoms with Gasteiger partial charge in [0.1, 0.15) is 12.4 Å². The lowest BCUT2D eigenvalue weighted by Crippen LogP contribution is -2.62. The number of nitrogens with one attached hydrogen (secondary N) is 4. The Morgan fingerprint density at radius 1 is 1.02 bits per heavy atom. The summed E-state index contributed by atoms with van der Waals surface area (Å²) in [6, 6.07) is 7.44. The van der Waals surface area contributed by atoms with E-state index in [1.54, 1.807) is 15.9 Å². The summed E-state index contributed by atoms with van der Waals surface area (Å²) in [7, 11) is 0. The van der Waals surface area contributed by atoms with Crippen molar-refractivity contribution in [2.45, 2.75) is 25.4 Å². The molecule has 7 N–H and O–H groups in total. The van der Waals surface area contributed by atoms with E-state index in [1.165, 1.54) is 36.7 Å². The zero-order valence-electron chi connectivity index (χ0n) is 32.6. The Bertz CT molecular complexity index is 2200. The molecule has 3 saturated heterocycles. The van der Waals surface area contributed by atoms with Gasteiger partial charge in [0.15, 0.2) is 18.1 Å². The second kappa shape index (κ2) is 18.0. The standard InChI is InChI=1S/C39H45ClF3N11O6/c40-30-16-25(49-36(57)35-47-19-26(48-35)15-29-33(50-51-34(29)39(41,42)43)31-4-2-27(20-46-31)60-14-7-44)1-3-28(30)38(59)53-10-8-52(9-11-53)37(58)24-5-12-54(13-6-24,22-32(55)56)21-23-17-45-18-23/h1-4,16,19-20,23-24,45H,5-15,17-18,21-22,44H2,(H3-,46,47,48,49,50,51,55,56,57,59)/p+1. The van der Waals surface area contributed by atoms with Gasteiger partial charge in [-0.3, -0.25) is 24.5 Å². The van der Waals surface area contributed by atoms with Crippen molar-refractivity contribution in [3.05, 3.63) is 76.1 Å². The number of piperidine rings is 1. The Morgan fingerprint density at radius 3 is 2.37 bits per heavy atom. The van der Waals surface area contributed by atoms with Gasteiger partial charge in [-0.25, -0.2) is 9.78 Å². The fourth-order valence-electron chi connectivity index (χ4n) is 8.12. The quantitative estimate of drug-likeness (QED) is 0.101. The smallest absolute Gasteiger partial charge is 0.435 e. The predicted molar refractivity (Wildman–Crippen MR) is 211 cm³/mol. The number of piperazine rings is 1. The number of halogens is 4. The number of nitrogens with zero attached hydrogens (tertiary/aromatic N) is 6. The SMILES string of the molecule is NCCOc1ccc(-c2[nH]nc(C(F)(F)F)c2Cc2cnc(C(=O)Nc3ccc(C(=O)N4CCN(C(=O)C5CC[N+](CC(=O)O)(CC6CNC6)CC5)CC4)c(Cl)c3)[nH]2)nc1. The van der Waals surface area contributed by atoms with Gasteiger partial charge in [-0.2, -0.15) is 18.3 Å². The van der Waals surface area contributed by atoms with Crippen LogP contribution in [0, 0.1) is 11.8 Å². The van der Waals surface area contributed by atoms with Crippen LogP contribution in [0.1, 0.15) is 50.8 Å². The van der Waals surface area contributed by atoms with Crippen LogP contribution < -0.4 is 21.1 Å². The number of benzene rings is 1. The third kappa shape index (κ3) is 9.72. The van der Waals surface area contributed by atoms with Gasteiger partial charge in [-0.1, -0.05) is 11.6 Å². The van der Waals surface area contributed by atoms with Crippen molar-refractivity contribution in [1.29, 1.82) is 0 Å². The number of carboxylic acid groups (broad SMARTS) is 1. The van der Waals surface area contributed by atoms with E-state index in [1.807, 2.05) is 0 Å². The summed E-state index contributed by atoms with van der Waals surface area (Å²) in [6.45, 7) is 5.79. The molecule has 3 fully saturated rings. The third-order valence-electron chi connectivity index (χ3n) is 11.3. The number of ether oxygens (including phenoxy) is 1. The highest BCUT2D eigenvalue weighted by Crippen LogP contribution is 2.36. The Hall–Kier alpha value is -5.57. The number of H-pyrrole nitrogens is 2. The molecule has 4 aromatic rings. The molecule has 3 aliphatic rings. The summed E-state index contributed by atoms with van der Waals surface area (Å²) in [5.41, 5.74) is 4.99. The van der Waals surface area contributed by atoms with Crippen molar-refractivity contribution in [1.82, 2.24) is 40.3 Å². The fraction of sp³-hybridized carbons (Fsp3) is 0.462. The van der Waals surface area contributed by atoms with Crippen molar-refractivity contribution >= 4 is 41.0 Å². The van der Waals surface area contributed by atoms with Crippen LogP contribution in [-0.4, -0.2) is 147 Å². The van der Waals surface area contributed by atoms with Crippen molar-refractivity contribution in [3.63, 3.8) is 0 Å². The van der Waals surface area contributed by atoms with E-state index in [9.17, 15) is 37.5 Å². The first-order valence-corrected chi connectivity index (χ1v) is 20.0. The van der Waals surface area contributed by atoms with Crippen LogP contribution in [0.15, 0.2) is 42.7 Å². The van der Waals surface area contributed by atoms with E-state index in [0.717, 1.165) is 19.6 Å². The molecule has 0 saturated carbocycles. The number of anilines is 1. The van der Waals surface area contributed by atoms with Gasteiger partial charge in [0, 0.05) is 100 Å². The monoisotopic (exact) mass is 856 g/mol. The highest BCUT2D eigenvalue weighted by atomic mass is 35.5. The molecule has 320 valence electrons. The molecule has 21 heteroatoms. The Balaban J connectivity index is 0.927. The van der Waals surface area contributed by atoms with Gasteiger partial charge in [-0.15, -0.1) is 0 Å². The van der Waals surface area contributed by atoms with Crippen LogP contribution >= 0.6 is 11.6 Å². The second-order valence-corrected chi connectivity index (χ2v) is 15.9. The van der Waals surface area contributed by atoms with Crippen LogP contribution in [0.5, 0.6) is 5.75 Å². The van der Waals surface area contributed by atoms with E-state index in [0.29, 0.717) is 68.3 Å². The lowest BCUT2D eigenvalue weighted by atomic mass is 9.90. The number of hydrogen-bond acceptors (Lipinski definition) is 10. The van der Waals surface area contributed by atoms with Gasteiger partial charge >= 0.3 is 12.1 Å². The minimum Gasteiger partial charge on any atom is -0.491 e. The van der Waals surface area contributed by atoms with Crippen LogP contribution in [0.3, 0.4) is 0 Å². The number of carbonyl (C=O) groups is 4. The van der Waals surface area contributed by atoms with Crippen molar-refractivity contribution in [3.8, 4) is 17.1 Å². The Labute approximate surface area is 347 Å². The maximum Gasteiger partial charge on any atom is 0.435 e. The highest BCUT2D eigenvalue weighted by Gasteiger charge is 2.42. The molecule has 0 radical (unpaired) electrons. The number of nitrogens with two attached hydrogens (primary N) is 1. The maximum absolute atomic E-state index is 14.0. The number of rotatable bonds is 14. The molecule has 0 bridgehead atoms. The average Bonchev–Trinajstić information content (AvgIpc) is 3.87. The summed E-state index contributed by atoms with van der Waals surface area (Å²) in [6.07, 6.45) is -1.22. The Morgan fingerprint density at radius 2 is 1.75 bits per heavy atom. The summed E-state index contributed by atoms with van der Waals surface area (Å²) < 4.78 is 47.8. The molecule has 3 aromatic heterocycles. The van der Waals surface area contributed by atoms with Gasteiger partial charge in [0.05, 0.1) is 47.8 Å². The second-order valence-electron chi connectivity index (χ2n) is 15.5. The van der Waals surface area contributed by atoms with Gasteiger partial charge < -0.3 is 45.5 Å². The lowest BCUT2D eigenvalue weighted by Gasteiger charge is -2.46. The first-order chi connectivity index (χ1) is 28.7. The van der Waals surface area contributed by atoms with Gasteiger partial charge in [0.2, 0.25) is 5.91 Å². The van der Waals surface area contributed by atoms with Crippen LogP contribution in [0.2, 0.25) is 5.02 Å². The van der Waals surface area contributed by atoms with Crippen molar-refractivity contribution in [2.75, 3.05) is 83.9 Å². The average molecular weight is 857 g/mol. The summed E-state index contributed by atoms with van der Waals surface area (Å²) in [5.74, 6) is -1.32. The number of carboxylic acids is 1. The number of aliphatic carboxylic acids is 1. The number of likely N-dealkylation sites (tertiary alicyclic amines) is 1. The first kappa shape index (κ1) is 42.6. The number of alkyl halides is 3. The number of pyridine rings is 1. The summed E-state index contributed by atoms with van der Waals surface area (Å²) >= 11 is 6.54. The largest absolute Gasteiger partial charge is 0.491 e. The minimum atomic E-state index is -4.78. The van der Waals surface area contributed by atoms with Gasteiger partial charge in [-0.05, 0) is 30.3 Å². The number of quaternary nitrogens is 1. The fourth-order valence-corrected chi connectivity index (χ4v) is 8.39. The molecule has 0 aliphatic carbocycles. The number of carbonyl (C=O) groups excluding carboxylic acids is 3. The number of aromatic amines is 2. The van der Waals surface area contributed by atoms with Crippen LogP contribution in [-0.2, 0) is 22.2 Å². The molecule has 3 aliphatic heterocycles. The number of hydrogen-bond donors (Lipinski definition) is 6. The molecule has 60 heavy (non-hydrogen) atoms. The molecule has 0 atom stereocenters. The molecule has 1 aromatic carbocycles. The number of aromatic nitrogens is 5. The van der Waals surface area contributed by atoms with Crippen molar-refractivity contribution < 1.29 is 46.7 Å². The molecule has 6 heterocycles. The van der Waals surface area contributed by atoms with E-state index in [-0.39, 0.29) is 88.6 Å². The highest BCUT2D eigenvalue weighted by molar-refractivity contribution is 6.34. The van der Waals surface area contributed by atoms with E-state index in [4.69, 9.17) is 22.1 Å². The minimum absolute atomic E-state index is 0.0336. The Kier molecular flexibility index (Phi) is 12.7. The summed E-state index contributed by atoms with van der Waals surface area (Å²) in [4.78, 5) is 66.3. The maximum atomic E-state index is 14.0. The number of imidazole rings is 1. The van der Waals surface area contributed by atoms with Crippen LogP contribution in [0.25, 0.3) is 11.4 Å². The third-order valence-corrected chi connectivity index (χ3v) is 11.6. The van der Waals surface area contributed by atoms with Crippen molar-refractivity contribution in [2.24, 2.45) is 17.6 Å². The van der Waals surface area contributed by atoms with E-state index < -0.39 is 23.7 Å². The molecular weight excluding hydrogens is 811 g/mol. The number of amides is 3. The normalized spacial score (nSPS) is 19.8. The van der Waals surface area contributed by atoms with E-state index in [2.05, 4.69) is 35.8 Å².